The molecule has 0 atom stereocenters. The van der Waals surface area contributed by atoms with Crippen LogP contribution >= 0.6 is 15.9 Å². The Hall–Kier alpha value is -2.06. The summed E-state index contributed by atoms with van der Waals surface area (Å²) >= 11 is 3.06. The van der Waals surface area contributed by atoms with Crippen molar-refractivity contribution in [3.05, 3.63) is 62.1 Å². The first kappa shape index (κ1) is 15.3. The minimum absolute atomic E-state index is 0.0302. The second-order valence-electron chi connectivity index (χ2n) is 4.02. The molecule has 21 heavy (non-hydrogen) atoms. The van der Waals surface area contributed by atoms with Crippen LogP contribution in [0.5, 0.6) is 11.5 Å². The van der Waals surface area contributed by atoms with Gasteiger partial charge in [-0.05, 0) is 29.8 Å². The number of benzene rings is 2. The molecule has 2 aromatic rings. The van der Waals surface area contributed by atoms with E-state index in [1.807, 2.05) is 0 Å². The summed E-state index contributed by atoms with van der Waals surface area (Å²) < 4.78 is 32.9. The van der Waals surface area contributed by atoms with Crippen molar-refractivity contribution in [3.8, 4) is 11.5 Å². The predicted octanol–water partition coefficient (Wildman–Crippen LogP) is 3.92. The third-order valence-electron chi connectivity index (χ3n) is 2.57. The highest BCUT2D eigenvalue weighted by atomic mass is 79.9. The summed E-state index contributed by atoms with van der Waals surface area (Å²) in [7, 11) is 0. The van der Waals surface area contributed by atoms with Crippen molar-refractivity contribution in [1.82, 2.24) is 0 Å². The Morgan fingerprint density at radius 3 is 2.38 bits per heavy atom. The van der Waals surface area contributed by atoms with E-state index in [-0.39, 0.29) is 11.3 Å². The van der Waals surface area contributed by atoms with Crippen molar-refractivity contribution in [3.63, 3.8) is 0 Å². The fourth-order valence-electron chi connectivity index (χ4n) is 1.63. The largest absolute Gasteiger partial charge is 0.444 e. The van der Waals surface area contributed by atoms with Crippen LogP contribution in [0.2, 0.25) is 0 Å². The summed E-state index contributed by atoms with van der Waals surface area (Å²) in [5, 5.41) is 19.8. The maximum atomic E-state index is 13.7. The van der Waals surface area contributed by atoms with Crippen LogP contribution in [0.3, 0.4) is 0 Å². The average Bonchev–Trinajstić information content (AvgIpc) is 2.43. The zero-order valence-electron chi connectivity index (χ0n) is 10.3. The Morgan fingerprint density at radius 2 is 1.86 bits per heavy atom. The highest BCUT2D eigenvalue weighted by Crippen LogP contribution is 2.36. The Labute approximate surface area is 126 Å². The highest BCUT2D eigenvalue weighted by Gasteiger charge is 2.20. The molecule has 0 unspecified atom stereocenters. The number of rotatable bonds is 4. The van der Waals surface area contributed by atoms with Crippen LogP contribution in [0.1, 0.15) is 5.56 Å². The van der Waals surface area contributed by atoms with Gasteiger partial charge in [-0.2, -0.15) is 0 Å². The van der Waals surface area contributed by atoms with Gasteiger partial charge in [0.05, 0.1) is 11.5 Å². The SMILES string of the molecule is O=[N+]([O-])c1cc(Br)ccc1Oc1c(F)cc(CO)cc1F. The molecule has 0 saturated carbocycles. The molecule has 8 heteroatoms. The predicted molar refractivity (Wildman–Crippen MR) is 73.2 cm³/mol. The molecule has 0 radical (unpaired) electrons. The fraction of sp³-hybridized carbons (Fsp3) is 0.0769. The van der Waals surface area contributed by atoms with Crippen LogP contribution in [0.4, 0.5) is 14.5 Å². The van der Waals surface area contributed by atoms with Crippen LogP contribution in [0.15, 0.2) is 34.8 Å². The lowest BCUT2D eigenvalue weighted by atomic mass is 10.2. The van der Waals surface area contributed by atoms with E-state index in [0.717, 1.165) is 18.2 Å². The van der Waals surface area contributed by atoms with Gasteiger partial charge in [-0.1, -0.05) is 15.9 Å². The van der Waals surface area contributed by atoms with Gasteiger partial charge in [0.2, 0.25) is 5.75 Å². The molecule has 0 aliphatic heterocycles. The van der Waals surface area contributed by atoms with E-state index in [0.29, 0.717) is 4.47 Å². The van der Waals surface area contributed by atoms with Gasteiger partial charge in [0.15, 0.2) is 17.4 Å². The van der Waals surface area contributed by atoms with Crippen LogP contribution < -0.4 is 4.74 Å². The molecule has 0 aromatic heterocycles. The van der Waals surface area contributed by atoms with Gasteiger partial charge in [0.25, 0.3) is 0 Å². The van der Waals surface area contributed by atoms with Gasteiger partial charge in [0, 0.05) is 10.5 Å². The van der Waals surface area contributed by atoms with Gasteiger partial charge < -0.3 is 9.84 Å². The van der Waals surface area contributed by atoms with Crippen molar-refractivity contribution in [2.45, 2.75) is 6.61 Å². The maximum Gasteiger partial charge on any atom is 0.312 e. The van der Waals surface area contributed by atoms with Crippen molar-refractivity contribution in [1.29, 1.82) is 0 Å². The molecular formula is C13H8BrF2NO4. The molecule has 0 aliphatic rings. The Kier molecular flexibility index (Phi) is 4.49. The van der Waals surface area contributed by atoms with Crippen LogP contribution in [-0.2, 0) is 6.61 Å². The molecule has 0 amide bonds. The van der Waals surface area contributed by atoms with E-state index in [1.54, 1.807) is 0 Å². The van der Waals surface area contributed by atoms with E-state index >= 15 is 0 Å². The molecular weight excluding hydrogens is 352 g/mol. The van der Waals surface area contributed by atoms with Crippen molar-refractivity contribution in [2.75, 3.05) is 0 Å². The third-order valence-corrected chi connectivity index (χ3v) is 3.06. The van der Waals surface area contributed by atoms with Crippen LogP contribution in [0, 0.1) is 21.7 Å². The minimum Gasteiger partial charge on any atom is -0.444 e. The van der Waals surface area contributed by atoms with Crippen molar-refractivity contribution < 1.29 is 23.5 Å². The summed E-state index contributed by atoms with van der Waals surface area (Å²) in [6, 6.07) is 5.61. The molecule has 0 bridgehead atoms. The lowest BCUT2D eigenvalue weighted by Gasteiger charge is -2.09. The van der Waals surface area contributed by atoms with Crippen LogP contribution in [0.25, 0.3) is 0 Å². The topological polar surface area (TPSA) is 72.6 Å². The molecule has 0 saturated heterocycles. The number of aliphatic hydroxyl groups is 1. The smallest absolute Gasteiger partial charge is 0.312 e. The standard InChI is InChI=1S/C13H8BrF2NO4/c14-8-1-2-12(11(5-8)17(19)20)21-13-9(15)3-7(6-18)4-10(13)16/h1-5,18H,6H2. The molecule has 110 valence electrons. The number of nitrogens with zero attached hydrogens (tertiary/aromatic N) is 1. The van der Waals surface area contributed by atoms with E-state index in [9.17, 15) is 18.9 Å². The van der Waals surface area contributed by atoms with Gasteiger partial charge >= 0.3 is 5.69 Å². The first-order valence-corrected chi connectivity index (χ1v) is 6.42. The Bertz CT molecular complexity index is 686. The summed E-state index contributed by atoms with van der Waals surface area (Å²) in [4.78, 5) is 10.2. The molecule has 0 aliphatic carbocycles. The van der Waals surface area contributed by atoms with Gasteiger partial charge in [-0.15, -0.1) is 0 Å². The highest BCUT2D eigenvalue weighted by molar-refractivity contribution is 9.10. The lowest BCUT2D eigenvalue weighted by Crippen LogP contribution is -1.98. The Balaban J connectivity index is 2.46. The normalized spacial score (nSPS) is 10.5. The zero-order valence-corrected chi connectivity index (χ0v) is 11.9. The quantitative estimate of drug-likeness (QED) is 0.663. The maximum absolute atomic E-state index is 13.7. The Morgan fingerprint density at radius 1 is 1.24 bits per heavy atom. The second-order valence-corrected chi connectivity index (χ2v) is 4.93. The molecule has 0 spiro atoms. The van der Waals surface area contributed by atoms with E-state index in [2.05, 4.69) is 15.9 Å². The molecule has 1 N–H and O–H groups in total. The lowest BCUT2D eigenvalue weighted by molar-refractivity contribution is -0.385. The van der Waals surface area contributed by atoms with E-state index < -0.39 is 34.6 Å². The second kappa shape index (κ2) is 6.15. The van der Waals surface area contributed by atoms with Gasteiger partial charge in [0.1, 0.15) is 0 Å². The molecule has 0 fully saturated rings. The van der Waals surface area contributed by atoms with E-state index in [1.165, 1.54) is 12.1 Å². The minimum atomic E-state index is -1.06. The van der Waals surface area contributed by atoms with Gasteiger partial charge in [-0.25, -0.2) is 8.78 Å². The average molecular weight is 360 g/mol. The van der Waals surface area contributed by atoms with Crippen LogP contribution in [-0.4, -0.2) is 10.0 Å². The molecule has 2 rings (SSSR count). The summed E-state index contributed by atoms with van der Waals surface area (Å²) in [6.45, 7) is -0.535. The number of hydrogen-bond donors (Lipinski definition) is 1. The van der Waals surface area contributed by atoms with Gasteiger partial charge in [-0.3, -0.25) is 10.1 Å². The molecule has 2 aromatic carbocycles. The summed E-state index contributed by atoms with van der Waals surface area (Å²) in [5.41, 5.74) is -0.405. The number of hydrogen-bond acceptors (Lipinski definition) is 4. The number of halogens is 3. The molecule has 0 heterocycles. The molecule has 5 nitrogen and oxygen atoms in total. The van der Waals surface area contributed by atoms with E-state index in [4.69, 9.17) is 9.84 Å². The number of ether oxygens (including phenoxy) is 1. The number of nitro groups is 1. The first-order valence-electron chi connectivity index (χ1n) is 5.63. The third kappa shape index (κ3) is 3.34. The monoisotopic (exact) mass is 359 g/mol. The summed E-state index contributed by atoms with van der Waals surface area (Å²) in [5.74, 6) is -3.18. The van der Waals surface area contributed by atoms with Crippen molar-refractivity contribution in [2.24, 2.45) is 0 Å². The number of nitro benzene ring substituents is 1. The zero-order chi connectivity index (χ0) is 15.6. The first-order chi connectivity index (χ1) is 9.92. The fourth-order valence-corrected chi connectivity index (χ4v) is 1.98. The number of aliphatic hydroxyl groups excluding tert-OH is 1. The summed E-state index contributed by atoms with van der Waals surface area (Å²) in [6.07, 6.45) is 0. The van der Waals surface area contributed by atoms with Crippen molar-refractivity contribution >= 4 is 21.6 Å².